The van der Waals surface area contributed by atoms with Gasteiger partial charge < -0.3 is 15.2 Å². The fourth-order valence-corrected chi connectivity index (χ4v) is 3.49. The van der Waals surface area contributed by atoms with Crippen LogP contribution in [0.2, 0.25) is 0 Å². The Morgan fingerprint density at radius 1 is 1.10 bits per heavy atom. The number of para-hydroxylation sites is 1. The number of nitrogens with one attached hydrogen (secondary N) is 2. The molecule has 0 aliphatic carbocycles. The topological polar surface area (TPSA) is 96.3 Å². The van der Waals surface area contributed by atoms with E-state index in [1.165, 1.54) is 0 Å². The maximum absolute atomic E-state index is 12.8. The molecule has 1 aliphatic heterocycles. The van der Waals surface area contributed by atoms with E-state index in [-0.39, 0.29) is 12.3 Å². The average molecular weight is 403 g/mol. The predicted molar refractivity (Wildman–Crippen MR) is 111 cm³/mol. The normalized spacial score (nSPS) is 17.0. The maximum atomic E-state index is 12.8. The fraction of sp³-hybridized carbons (Fsp3) is 0.182. The Morgan fingerprint density at radius 3 is 2.40 bits per heavy atom. The predicted octanol–water partition coefficient (Wildman–Crippen LogP) is 2.14. The lowest BCUT2D eigenvalue weighted by Crippen LogP contribution is -2.38. The Bertz CT molecular complexity index is 1060. The molecule has 1 aromatic heterocycles. The molecule has 2 atom stereocenters. The first-order chi connectivity index (χ1) is 14.5. The number of anilines is 1. The third-order valence-electron chi connectivity index (χ3n) is 4.98. The standard InChI is InChI=1S/C22H21N5O3/c1-26-13-12-23-20(26)19(15-8-4-2-5-9-15)25-18(28)14-17-21(29)27(22(30)24-17)16-10-6-3-7-11-16/h2-13,17,19H,14H2,1H3,(H,24,30)(H,25,28). The molecule has 4 amide bonds. The molecule has 1 aliphatic rings. The number of carbonyl (C=O) groups is 3. The summed E-state index contributed by atoms with van der Waals surface area (Å²) in [6.07, 6.45) is 3.30. The first kappa shape index (κ1) is 19.4. The van der Waals surface area contributed by atoms with Crippen LogP contribution in [0.4, 0.5) is 10.5 Å². The molecule has 8 nitrogen and oxygen atoms in total. The molecule has 2 N–H and O–H groups in total. The highest BCUT2D eigenvalue weighted by molar-refractivity contribution is 6.22. The monoisotopic (exact) mass is 403 g/mol. The van der Waals surface area contributed by atoms with Gasteiger partial charge >= 0.3 is 6.03 Å². The average Bonchev–Trinajstić information content (AvgIpc) is 3.30. The minimum atomic E-state index is -0.921. The van der Waals surface area contributed by atoms with Crippen LogP contribution in [0.15, 0.2) is 73.1 Å². The van der Waals surface area contributed by atoms with Crippen molar-refractivity contribution in [1.82, 2.24) is 20.2 Å². The van der Waals surface area contributed by atoms with E-state index in [9.17, 15) is 14.4 Å². The maximum Gasteiger partial charge on any atom is 0.329 e. The zero-order valence-corrected chi connectivity index (χ0v) is 16.4. The van der Waals surface area contributed by atoms with Crippen LogP contribution in [-0.4, -0.2) is 33.4 Å². The lowest BCUT2D eigenvalue weighted by Gasteiger charge is -2.20. The molecule has 30 heavy (non-hydrogen) atoms. The van der Waals surface area contributed by atoms with Gasteiger partial charge in [0.15, 0.2) is 0 Å². The van der Waals surface area contributed by atoms with Crippen LogP contribution in [-0.2, 0) is 16.6 Å². The number of aryl methyl sites for hydroxylation is 1. The van der Waals surface area contributed by atoms with Gasteiger partial charge in [-0.15, -0.1) is 0 Å². The fourth-order valence-electron chi connectivity index (χ4n) is 3.49. The molecule has 3 aromatic rings. The molecule has 8 heteroatoms. The van der Waals surface area contributed by atoms with E-state index in [1.807, 2.05) is 41.9 Å². The Morgan fingerprint density at radius 2 is 1.77 bits per heavy atom. The zero-order chi connectivity index (χ0) is 21.1. The minimum Gasteiger partial charge on any atom is -0.342 e. The highest BCUT2D eigenvalue weighted by atomic mass is 16.2. The summed E-state index contributed by atoms with van der Waals surface area (Å²) in [5.74, 6) is -0.141. The third kappa shape index (κ3) is 3.80. The van der Waals surface area contributed by atoms with Gasteiger partial charge in [0, 0.05) is 19.4 Å². The van der Waals surface area contributed by atoms with Crippen molar-refractivity contribution < 1.29 is 14.4 Å². The first-order valence-corrected chi connectivity index (χ1v) is 9.55. The van der Waals surface area contributed by atoms with E-state index in [2.05, 4.69) is 15.6 Å². The van der Waals surface area contributed by atoms with Gasteiger partial charge in [-0.05, 0) is 17.7 Å². The third-order valence-corrected chi connectivity index (χ3v) is 4.98. The summed E-state index contributed by atoms with van der Waals surface area (Å²) in [5.41, 5.74) is 1.34. The number of benzene rings is 2. The molecule has 2 aromatic carbocycles. The number of carbonyl (C=O) groups excluding carboxylic acids is 3. The Balaban J connectivity index is 1.50. The van der Waals surface area contributed by atoms with E-state index >= 15 is 0 Å². The van der Waals surface area contributed by atoms with E-state index in [1.54, 1.807) is 42.7 Å². The van der Waals surface area contributed by atoms with Gasteiger partial charge in [-0.3, -0.25) is 9.59 Å². The molecule has 152 valence electrons. The second-order valence-electron chi connectivity index (χ2n) is 7.02. The number of nitrogens with zero attached hydrogens (tertiary/aromatic N) is 3. The van der Waals surface area contributed by atoms with Crippen LogP contribution in [0.5, 0.6) is 0 Å². The molecule has 2 heterocycles. The van der Waals surface area contributed by atoms with Crippen molar-refractivity contribution in [3.05, 3.63) is 84.4 Å². The van der Waals surface area contributed by atoms with Crippen LogP contribution in [0.3, 0.4) is 0 Å². The lowest BCUT2D eigenvalue weighted by molar-refractivity contribution is -0.126. The number of aromatic nitrogens is 2. The summed E-state index contributed by atoms with van der Waals surface area (Å²) >= 11 is 0. The van der Waals surface area contributed by atoms with Gasteiger partial charge in [0.1, 0.15) is 17.9 Å². The van der Waals surface area contributed by atoms with Crippen molar-refractivity contribution in [2.75, 3.05) is 4.90 Å². The second-order valence-corrected chi connectivity index (χ2v) is 7.02. The number of hydrogen-bond acceptors (Lipinski definition) is 4. The number of hydrogen-bond donors (Lipinski definition) is 2. The number of urea groups is 1. The number of amides is 4. The van der Waals surface area contributed by atoms with Crippen LogP contribution < -0.4 is 15.5 Å². The summed E-state index contributed by atoms with van der Waals surface area (Å²) in [6.45, 7) is 0. The minimum absolute atomic E-state index is 0.165. The summed E-state index contributed by atoms with van der Waals surface area (Å²) in [7, 11) is 1.85. The van der Waals surface area contributed by atoms with E-state index in [0.717, 1.165) is 10.5 Å². The van der Waals surface area contributed by atoms with Gasteiger partial charge in [-0.1, -0.05) is 48.5 Å². The summed E-state index contributed by atoms with van der Waals surface area (Å²) in [6, 6.07) is 16.2. The molecular weight excluding hydrogens is 382 g/mol. The van der Waals surface area contributed by atoms with Crippen molar-refractivity contribution in [2.45, 2.75) is 18.5 Å². The van der Waals surface area contributed by atoms with Crippen molar-refractivity contribution >= 4 is 23.5 Å². The van der Waals surface area contributed by atoms with Gasteiger partial charge in [0.05, 0.1) is 12.1 Å². The zero-order valence-electron chi connectivity index (χ0n) is 16.4. The van der Waals surface area contributed by atoms with Gasteiger partial charge in [0.2, 0.25) is 5.91 Å². The molecule has 2 unspecified atom stereocenters. The van der Waals surface area contributed by atoms with Crippen molar-refractivity contribution in [3.8, 4) is 0 Å². The molecule has 0 bridgehead atoms. The first-order valence-electron chi connectivity index (χ1n) is 9.55. The van der Waals surface area contributed by atoms with Crippen molar-refractivity contribution in [3.63, 3.8) is 0 Å². The van der Waals surface area contributed by atoms with Gasteiger partial charge in [-0.2, -0.15) is 0 Å². The molecule has 0 saturated carbocycles. The Labute approximate surface area is 173 Å². The highest BCUT2D eigenvalue weighted by Gasteiger charge is 2.40. The molecule has 4 rings (SSSR count). The summed E-state index contributed by atoms with van der Waals surface area (Å²) in [4.78, 5) is 43.3. The Kier molecular flexibility index (Phi) is 5.30. The largest absolute Gasteiger partial charge is 0.342 e. The van der Waals surface area contributed by atoms with E-state index < -0.39 is 24.0 Å². The van der Waals surface area contributed by atoms with E-state index in [4.69, 9.17) is 0 Å². The number of imidazole rings is 1. The van der Waals surface area contributed by atoms with Crippen molar-refractivity contribution in [2.24, 2.45) is 7.05 Å². The van der Waals surface area contributed by atoms with Crippen molar-refractivity contribution in [1.29, 1.82) is 0 Å². The quantitative estimate of drug-likeness (QED) is 0.617. The van der Waals surface area contributed by atoms with Crippen LogP contribution in [0, 0.1) is 0 Å². The van der Waals surface area contributed by atoms with Crippen LogP contribution in [0.25, 0.3) is 0 Å². The number of rotatable bonds is 6. The molecule has 0 spiro atoms. The Hall–Kier alpha value is -3.94. The molecule has 1 fully saturated rings. The highest BCUT2D eigenvalue weighted by Crippen LogP contribution is 2.22. The van der Waals surface area contributed by atoms with Crippen LogP contribution in [0.1, 0.15) is 23.9 Å². The molecular formula is C22H21N5O3. The van der Waals surface area contributed by atoms with Crippen LogP contribution >= 0.6 is 0 Å². The smallest absolute Gasteiger partial charge is 0.329 e. The SMILES string of the molecule is Cn1ccnc1C(NC(=O)CC1NC(=O)N(c2ccccc2)C1=O)c1ccccc1. The summed E-state index contributed by atoms with van der Waals surface area (Å²) < 4.78 is 1.83. The number of imide groups is 1. The molecule has 1 saturated heterocycles. The van der Waals surface area contributed by atoms with Gasteiger partial charge in [0.25, 0.3) is 5.91 Å². The van der Waals surface area contributed by atoms with Gasteiger partial charge in [-0.25, -0.2) is 14.7 Å². The van der Waals surface area contributed by atoms with E-state index in [0.29, 0.717) is 11.5 Å². The lowest BCUT2D eigenvalue weighted by atomic mass is 10.1. The summed E-state index contributed by atoms with van der Waals surface area (Å²) in [5, 5.41) is 5.55. The second kappa shape index (κ2) is 8.20. The molecule has 0 radical (unpaired) electrons.